The van der Waals surface area contributed by atoms with Crippen molar-refractivity contribution in [2.24, 2.45) is 4.99 Å². The van der Waals surface area contributed by atoms with Crippen LogP contribution in [-0.4, -0.2) is 38.2 Å². The van der Waals surface area contributed by atoms with Crippen LogP contribution in [0.1, 0.15) is 30.5 Å². The van der Waals surface area contributed by atoms with E-state index >= 15 is 0 Å². The number of fused-ring (bicyclic) bond motifs is 2. The fourth-order valence-electron chi connectivity index (χ4n) is 4.68. The lowest BCUT2D eigenvalue weighted by atomic mass is 9.83. The summed E-state index contributed by atoms with van der Waals surface area (Å²) in [7, 11) is 4.94. The fraction of sp³-hybridized carbons (Fsp3) is 0.320. The Kier molecular flexibility index (Phi) is 5.06. The highest BCUT2D eigenvalue weighted by Crippen LogP contribution is 2.48. The Morgan fingerprint density at radius 1 is 0.900 bits per heavy atom. The molecule has 3 aromatic rings. The molecule has 0 saturated heterocycles. The highest BCUT2D eigenvalue weighted by atomic mass is 16.5. The van der Waals surface area contributed by atoms with E-state index in [0.29, 0.717) is 5.75 Å². The lowest BCUT2D eigenvalue weighted by Crippen LogP contribution is -2.19. The van der Waals surface area contributed by atoms with E-state index in [1.165, 1.54) is 0 Å². The van der Waals surface area contributed by atoms with Gasteiger partial charge in [0.15, 0.2) is 0 Å². The van der Waals surface area contributed by atoms with Gasteiger partial charge in [-0.2, -0.15) is 0 Å². The first-order chi connectivity index (χ1) is 14.4. The summed E-state index contributed by atoms with van der Waals surface area (Å²) in [4.78, 5) is 4.75. The number of aromatic hydroxyl groups is 1. The summed E-state index contributed by atoms with van der Waals surface area (Å²) in [6.45, 7) is 6.13. The lowest BCUT2D eigenvalue weighted by molar-refractivity contribution is 0.404. The molecule has 5 heteroatoms. The van der Waals surface area contributed by atoms with E-state index in [-0.39, 0.29) is 11.8 Å². The molecule has 0 bridgehead atoms. The molecule has 5 nitrogen and oxygen atoms in total. The SMILES string of the molecule is COc1cc(O)c(-c2c(C)cc(OC)c3c(OC)cccc23)c2c1C(C)=N[C@H](C)C2. The highest BCUT2D eigenvalue weighted by Gasteiger charge is 2.28. The minimum atomic E-state index is 0.127. The quantitative estimate of drug-likeness (QED) is 0.640. The molecular formula is C25H27NO4. The van der Waals surface area contributed by atoms with Crippen molar-refractivity contribution in [3.63, 3.8) is 0 Å². The Hall–Kier alpha value is -3.21. The number of hydrogen-bond acceptors (Lipinski definition) is 5. The molecule has 0 saturated carbocycles. The zero-order chi connectivity index (χ0) is 21.6. The van der Waals surface area contributed by atoms with E-state index in [2.05, 4.69) is 6.92 Å². The van der Waals surface area contributed by atoms with Gasteiger partial charge in [-0.3, -0.25) is 4.99 Å². The number of phenols is 1. The number of nitrogens with zero attached hydrogens (tertiary/aromatic N) is 1. The van der Waals surface area contributed by atoms with Gasteiger partial charge in [-0.25, -0.2) is 0 Å². The molecule has 156 valence electrons. The first-order valence-electron chi connectivity index (χ1n) is 10.0. The molecule has 0 aromatic heterocycles. The van der Waals surface area contributed by atoms with Crippen LogP contribution in [-0.2, 0) is 6.42 Å². The zero-order valence-electron chi connectivity index (χ0n) is 18.3. The zero-order valence-corrected chi connectivity index (χ0v) is 18.3. The van der Waals surface area contributed by atoms with Crippen LogP contribution < -0.4 is 14.2 Å². The van der Waals surface area contributed by atoms with Gasteiger partial charge in [-0.1, -0.05) is 12.1 Å². The van der Waals surface area contributed by atoms with Gasteiger partial charge in [0.25, 0.3) is 0 Å². The summed E-state index contributed by atoms with van der Waals surface area (Å²) in [6, 6.07) is 9.76. The van der Waals surface area contributed by atoms with Gasteiger partial charge in [0, 0.05) is 22.9 Å². The summed E-state index contributed by atoms with van der Waals surface area (Å²) in [6.07, 6.45) is 0.726. The van der Waals surface area contributed by atoms with Crippen molar-refractivity contribution < 1.29 is 19.3 Å². The molecule has 1 atom stereocenters. The van der Waals surface area contributed by atoms with Crippen LogP contribution in [0, 0.1) is 6.92 Å². The van der Waals surface area contributed by atoms with Crippen molar-refractivity contribution in [1.82, 2.24) is 0 Å². The van der Waals surface area contributed by atoms with Crippen LogP contribution in [0.5, 0.6) is 23.0 Å². The number of ether oxygens (including phenoxy) is 3. The van der Waals surface area contributed by atoms with Crippen molar-refractivity contribution >= 4 is 16.5 Å². The molecule has 4 rings (SSSR count). The molecule has 1 aliphatic rings. The number of phenolic OH excluding ortho intramolecular Hbond substituents is 1. The summed E-state index contributed by atoms with van der Waals surface area (Å²) in [5.74, 6) is 2.33. The Labute approximate surface area is 176 Å². The van der Waals surface area contributed by atoms with Crippen molar-refractivity contribution in [1.29, 1.82) is 0 Å². The summed E-state index contributed by atoms with van der Waals surface area (Å²) >= 11 is 0. The smallest absolute Gasteiger partial charge is 0.131 e. The second kappa shape index (κ2) is 7.56. The Balaban J connectivity index is 2.17. The van der Waals surface area contributed by atoms with Gasteiger partial charge in [0.2, 0.25) is 0 Å². The summed E-state index contributed by atoms with van der Waals surface area (Å²) in [5, 5.41) is 13.0. The average Bonchev–Trinajstić information content (AvgIpc) is 2.72. The third kappa shape index (κ3) is 2.96. The van der Waals surface area contributed by atoms with E-state index in [0.717, 1.165) is 62.2 Å². The largest absolute Gasteiger partial charge is 0.507 e. The minimum Gasteiger partial charge on any atom is -0.507 e. The molecule has 0 unspecified atom stereocenters. The molecule has 0 amide bonds. The molecule has 30 heavy (non-hydrogen) atoms. The predicted molar refractivity (Wildman–Crippen MR) is 121 cm³/mol. The molecule has 0 spiro atoms. The maximum atomic E-state index is 11.2. The standard InChI is InChI=1S/C25H27NO4/c1-13-10-20(29-5)25-16(8-7-9-19(25)28-4)22(13)24-17-11-14(2)26-15(3)23(17)21(30-6)12-18(24)27/h7-10,12,14,27H,11H2,1-6H3/t14-/m1/s1. The number of aliphatic imine (C=N–C) groups is 1. The first kappa shape index (κ1) is 20.1. The molecule has 1 aliphatic heterocycles. The van der Waals surface area contributed by atoms with Crippen LogP contribution in [0.2, 0.25) is 0 Å². The van der Waals surface area contributed by atoms with Crippen LogP contribution in [0.15, 0.2) is 35.3 Å². The van der Waals surface area contributed by atoms with Gasteiger partial charge in [-0.15, -0.1) is 0 Å². The van der Waals surface area contributed by atoms with E-state index < -0.39 is 0 Å². The van der Waals surface area contributed by atoms with E-state index in [4.69, 9.17) is 19.2 Å². The number of rotatable bonds is 4. The molecule has 0 fully saturated rings. The average molecular weight is 405 g/mol. The molecule has 1 heterocycles. The van der Waals surface area contributed by atoms with E-state index in [1.54, 1.807) is 27.4 Å². The molecule has 0 radical (unpaired) electrons. The second-order valence-electron chi connectivity index (χ2n) is 7.75. The number of methoxy groups -OCH3 is 3. The summed E-state index contributed by atoms with van der Waals surface area (Å²) < 4.78 is 16.9. The minimum absolute atomic E-state index is 0.127. The van der Waals surface area contributed by atoms with Gasteiger partial charge in [-0.05, 0) is 61.4 Å². The van der Waals surface area contributed by atoms with Gasteiger partial charge in [0.05, 0.1) is 32.8 Å². The van der Waals surface area contributed by atoms with Crippen molar-refractivity contribution in [2.45, 2.75) is 33.2 Å². The van der Waals surface area contributed by atoms with Crippen LogP contribution >= 0.6 is 0 Å². The van der Waals surface area contributed by atoms with Gasteiger partial charge in [0.1, 0.15) is 23.0 Å². The maximum absolute atomic E-state index is 11.2. The number of benzene rings is 3. The predicted octanol–water partition coefficient (Wildman–Crippen LogP) is 5.30. The van der Waals surface area contributed by atoms with Crippen molar-refractivity contribution in [2.75, 3.05) is 21.3 Å². The maximum Gasteiger partial charge on any atom is 0.131 e. The normalized spacial score (nSPS) is 15.5. The fourth-order valence-corrected chi connectivity index (χ4v) is 4.68. The topological polar surface area (TPSA) is 60.3 Å². The Bertz CT molecular complexity index is 1180. The number of hydrogen-bond donors (Lipinski definition) is 1. The second-order valence-corrected chi connectivity index (χ2v) is 7.75. The highest BCUT2D eigenvalue weighted by molar-refractivity contribution is 6.10. The molecule has 1 N–H and O–H groups in total. The number of aryl methyl sites for hydroxylation is 1. The Morgan fingerprint density at radius 3 is 2.27 bits per heavy atom. The molecule has 3 aromatic carbocycles. The lowest BCUT2D eigenvalue weighted by Gasteiger charge is -2.27. The third-order valence-corrected chi connectivity index (χ3v) is 5.84. The van der Waals surface area contributed by atoms with Crippen molar-refractivity contribution in [3.05, 3.63) is 47.0 Å². The van der Waals surface area contributed by atoms with Gasteiger partial charge < -0.3 is 19.3 Å². The van der Waals surface area contributed by atoms with E-state index in [9.17, 15) is 5.11 Å². The monoisotopic (exact) mass is 405 g/mol. The Morgan fingerprint density at radius 2 is 1.60 bits per heavy atom. The van der Waals surface area contributed by atoms with Crippen LogP contribution in [0.4, 0.5) is 0 Å². The van der Waals surface area contributed by atoms with Crippen molar-refractivity contribution in [3.8, 4) is 34.1 Å². The van der Waals surface area contributed by atoms with Gasteiger partial charge >= 0.3 is 0 Å². The molecular weight excluding hydrogens is 378 g/mol. The van der Waals surface area contributed by atoms with E-state index in [1.807, 2.05) is 38.1 Å². The van der Waals surface area contributed by atoms with Crippen LogP contribution in [0.3, 0.4) is 0 Å². The van der Waals surface area contributed by atoms with Crippen LogP contribution in [0.25, 0.3) is 21.9 Å². The first-order valence-corrected chi connectivity index (χ1v) is 10.0. The third-order valence-electron chi connectivity index (χ3n) is 5.84. The molecule has 0 aliphatic carbocycles. The summed E-state index contributed by atoms with van der Waals surface area (Å²) in [5.41, 5.74) is 5.77.